The molecule has 1 aliphatic carbocycles. The van der Waals surface area contributed by atoms with Crippen LogP contribution in [0.25, 0.3) is 0 Å². The van der Waals surface area contributed by atoms with Crippen molar-refractivity contribution in [1.29, 1.82) is 0 Å². The van der Waals surface area contributed by atoms with Gasteiger partial charge in [-0.2, -0.15) is 4.31 Å². The quantitative estimate of drug-likeness (QED) is 0.558. The molecule has 1 aromatic carbocycles. The number of nitrogens with zero attached hydrogens (tertiary/aromatic N) is 1. The number of piperidine rings is 1. The number of esters is 1. The topological polar surface area (TPSA) is 127 Å². The number of anilines is 1. The Morgan fingerprint density at radius 3 is 2.20 bits per heavy atom. The lowest BCUT2D eigenvalue weighted by molar-refractivity contribution is -0.120. The summed E-state index contributed by atoms with van der Waals surface area (Å²) >= 11 is 1.42. The number of sulfone groups is 1. The molecule has 0 saturated carbocycles. The van der Waals surface area contributed by atoms with E-state index in [1.165, 1.54) is 47.0 Å². The van der Waals surface area contributed by atoms with Gasteiger partial charge in [0, 0.05) is 30.1 Å². The molecule has 0 atom stereocenters. The van der Waals surface area contributed by atoms with Crippen LogP contribution in [-0.2, 0) is 42.2 Å². The fourth-order valence-corrected chi connectivity index (χ4v) is 7.93. The average molecular weight is 541 g/mol. The molecule has 190 valence electrons. The fraction of sp³-hybridized carbons (Fsp3) is 0.478. The van der Waals surface area contributed by atoms with Crippen molar-refractivity contribution in [3.05, 3.63) is 40.3 Å². The molecule has 0 spiro atoms. The Morgan fingerprint density at radius 2 is 1.60 bits per heavy atom. The first-order valence-electron chi connectivity index (χ1n) is 11.4. The number of benzene rings is 1. The van der Waals surface area contributed by atoms with Gasteiger partial charge in [0.15, 0.2) is 9.84 Å². The van der Waals surface area contributed by atoms with Crippen LogP contribution in [-0.4, -0.2) is 59.5 Å². The molecule has 1 aliphatic heterocycles. The summed E-state index contributed by atoms with van der Waals surface area (Å²) in [6, 6.07) is 5.14. The van der Waals surface area contributed by atoms with Crippen LogP contribution in [0.4, 0.5) is 5.00 Å². The molecule has 9 nitrogen and oxygen atoms in total. The number of carbonyl (C=O) groups is 2. The van der Waals surface area contributed by atoms with Gasteiger partial charge in [0.2, 0.25) is 15.9 Å². The van der Waals surface area contributed by atoms with Crippen LogP contribution < -0.4 is 5.32 Å². The lowest BCUT2D eigenvalue weighted by atomic mass is 9.95. The highest BCUT2D eigenvalue weighted by Crippen LogP contribution is 2.39. The van der Waals surface area contributed by atoms with Gasteiger partial charge in [0.1, 0.15) is 5.00 Å². The van der Waals surface area contributed by atoms with Crippen molar-refractivity contribution in [2.24, 2.45) is 5.92 Å². The van der Waals surface area contributed by atoms with Crippen LogP contribution in [0.15, 0.2) is 34.1 Å². The van der Waals surface area contributed by atoms with Crippen LogP contribution in [0.2, 0.25) is 0 Å². The second-order valence-electron chi connectivity index (χ2n) is 8.82. The van der Waals surface area contributed by atoms with Crippen molar-refractivity contribution >= 4 is 48.1 Å². The zero-order valence-electron chi connectivity index (χ0n) is 19.6. The Bertz CT molecular complexity index is 1340. The van der Waals surface area contributed by atoms with Crippen LogP contribution in [0.1, 0.15) is 46.5 Å². The van der Waals surface area contributed by atoms with Crippen molar-refractivity contribution in [3.8, 4) is 0 Å². The van der Waals surface area contributed by atoms with E-state index in [1.807, 2.05) is 0 Å². The van der Waals surface area contributed by atoms with Crippen molar-refractivity contribution in [2.75, 3.05) is 31.8 Å². The number of nitrogens with one attached hydrogen (secondary N) is 1. The van der Waals surface area contributed by atoms with E-state index in [4.69, 9.17) is 4.74 Å². The summed E-state index contributed by atoms with van der Waals surface area (Å²) in [4.78, 5) is 26.6. The van der Waals surface area contributed by atoms with Gasteiger partial charge < -0.3 is 10.1 Å². The van der Waals surface area contributed by atoms with Gasteiger partial charge in [-0.25, -0.2) is 21.6 Å². The first-order valence-corrected chi connectivity index (χ1v) is 15.5. The highest BCUT2D eigenvalue weighted by Gasteiger charge is 2.34. The monoisotopic (exact) mass is 540 g/mol. The highest BCUT2D eigenvalue weighted by atomic mass is 32.2. The molecule has 1 N–H and O–H groups in total. The Kier molecular flexibility index (Phi) is 7.37. The summed E-state index contributed by atoms with van der Waals surface area (Å²) in [6.07, 6.45) is 5.44. The molecular formula is C23H28N2O7S3. The maximum absolute atomic E-state index is 13.0. The number of carbonyl (C=O) groups excluding carboxylic acids is 2. The van der Waals surface area contributed by atoms with Gasteiger partial charge in [-0.15, -0.1) is 11.3 Å². The lowest BCUT2D eigenvalue weighted by Crippen LogP contribution is -2.41. The molecule has 0 radical (unpaired) electrons. The Hall–Kier alpha value is -2.28. The number of hydrogen-bond acceptors (Lipinski definition) is 8. The first-order chi connectivity index (χ1) is 16.5. The maximum atomic E-state index is 13.0. The van der Waals surface area contributed by atoms with E-state index in [0.717, 1.165) is 42.4 Å². The number of thiophene rings is 1. The number of aryl methyl sites for hydroxylation is 1. The minimum atomic E-state index is -3.81. The van der Waals surface area contributed by atoms with E-state index in [-0.39, 0.29) is 28.8 Å². The van der Waals surface area contributed by atoms with Crippen LogP contribution in [0.5, 0.6) is 0 Å². The van der Waals surface area contributed by atoms with Gasteiger partial charge in [0.05, 0.1) is 22.5 Å². The predicted octanol–water partition coefficient (Wildman–Crippen LogP) is 2.86. The predicted molar refractivity (Wildman–Crippen MR) is 132 cm³/mol. The third kappa shape index (κ3) is 5.30. The van der Waals surface area contributed by atoms with E-state index in [0.29, 0.717) is 23.4 Å². The molecule has 1 fully saturated rings. The van der Waals surface area contributed by atoms with Crippen molar-refractivity contribution in [2.45, 2.75) is 48.3 Å². The van der Waals surface area contributed by atoms with Gasteiger partial charge in [-0.05, 0) is 68.4 Å². The normalized spacial score (nSPS) is 17.5. The summed E-state index contributed by atoms with van der Waals surface area (Å²) < 4.78 is 55.6. The zero-order chi connectivity index (χ0) is 25.4. The number of methoxy groups -OCH3 is 1. The standard InChI is InChI=1S/C23H28N2O7S3/c1-32-23(27)20-18-5-3-4-6-19(18)33-22(20)24-21(26)15-11-13-25(14-12-15)35(30,31)17-9-7-16(8-10-17)34(2,28)29/h7-10,15H,3-6,11-14H2,1-2H3,(H,24,26). The van der Waals surface area contributed by atoms with E-state index >= 15 is 0 Å². The largest absolute Gasteiger partial charge is 0.465 e. The molecule has 2 aliphatic rings. The van der Waals surface area contributed by atoms with Gasteiger partial charge >= 0.3 is 5.97 Å². The number of amides is 1. The molecule has 0 unspecified atom stereocenters. The SMILES string of the molecule is COC(=O)c1c(NC(=O)C2CCN(S(=O)(=O)c3ccc(S(C)(=O)=O)cc3)CC2)sc2c1CCCC2. The van der Waals surface area contributed by atoms with Gasteiger partial charge in [-0.3, -0.25) is 4.79 Å². The molecule has 35 heavy (non-hydrogen) atoms. The summed E-state index contributed by atoms with van der Waals surface area (Å²) in [5.41, 5.74) is 1.41. The Morgan fingerprint density at radius 1 is 1.00 bits per heavy atom. The third-order valence-electron chi connectivity index (χ3n) is 6.51. The minimum absolute atomic E-state index is 0.0136. The summed E-state index contributed by atoms with van der Waals surface area (Å²) in [5.74, 6) is -1.08. The summed E-state index contributed by atoms with van der Waals surface area (Å²) in [7, 11) is -5.91. The molecule has 1 saturated heterocycles. The fourth-order valence-electron chi connectivity index (χ4n) is 4.55. The zero-order valence-corrected chi connectivity index (χ0v) is 22.0. The smallest absolute Gasteiger partial charge is 0.341 e. The molecule has 2 heterocycles. The molecule has 1 amide bonds. The minimum Gasteiger partial charge on any atom is -0.465 e. The second-order valence-corrected chi connectivity index (χ2v) is 13.9. The molecule has 2 aromatic rings. The number of fused-ring (bicyclic) bond motifs is 1. The van der Waals surface area contributed by atoms with Crippen molar-refractivity contribution in [1.82, 2.24) is 4.31 Å². The molecule has 1 aromatic heterocycles. The van der Waals surface area contributed by atoms with Crippen LogP contribution in [0.3, 0.4) is 0 Å². The highest BCUT2D eigenvalue weighted by molar-refractivity contribution is 7.90. The number of rotatable bonds is 6. The average Bonchev–Trinajstić information content (AvgIpc) is 3.21. The summed E-state index contributed by atoms with van der Waals surface area (Å²) in [6.45, 7) is 0.331. The Balaban J connectivity index is 1.43. The van der Waals surface area contributed by atoms with E-state index in [9.17, 15) is 26.4 Å². The van der Waals surface area contributed by atoms with E-state index < -0.39 is 31.7 Å². The number of hydrogen-bond donors (Lipinski definition) is 1. The van der Waals surface area contributed by atoms with Crippen LogP contribution >= 0.6 is 11.3 Å². The van der Waals surface area contributed by atoms with Crippen molar-refractivity contribution in [3.63, 3.8) is 0 Å². The van der Waals surface area contributed by atoms with E-state index in [1.54, 1.807) is 0 Å². The maximum Gasteiger partial charge on any atom is 0.341 e. The number of sulfonamides is 1. The van der Waals surface area contributed by atoms with Gasteiger partial charge in [0.25, 0.3) is 0 Å². The van der Waals surface area contributed by atoms with Crippen molar-refractivity contribution < 1.29 is 31.2 Å². The summed E-state index contributed by atoms with van der Waals surface area (Å²) in [5, 5.41) is 3.42. The second kappa shape index (κ2) is 10.00. The van der Waals surface area contributed by atoms with E-state index in [2.05, 4.69) is 5.32 Å². The molecule has 4 rings (SSSR count). The number of ether oxygens (including phenoxy) is 1. The first kappa shape index (κ1) is 25.8. The lowest BCUT2D eigenvalue weighted by Gasteiger charge is -2.30. The Labute approximate surface area is 209 Å². The molecular weight excluding hydrogens is 512 g/mol. The molecule has 12 heteroatoms. The third-order valence-corrected chi connectivity index (χ3v) is 10.8. The molecule has 0 bridgehead atoms. The van der Waals surface area contributed by atoms with Gasteiger partial charge in [-0.1, -0.05) is 0 Å². The van der Waals surface area contributed by atoms with Crippen LogP contribution in [0, 0.1) is 5.92 Å².